The van der Waals surface area contributed by atoms with Gasteiger partial charge in [0.05, 0.1) is 50.3 Å². The summed E-state index contributed by atoms with van der Waals surface area (Å²) in [6.07, 6.45) is 1.48. The lowest BCUT2D eigenvalue weighted by molar-refractivity contribution is -0.141. The Morgan fingerprint density at radius 2 is 1.59 bits per heavy atom. The van der Waals surface area contributed by atoms with Crippen LogP contribution in [0, 0.1) is 0 Å². The van der Waals surface area contributed by atoms with Gasteiger partial charge in [-0.25, -0.2) is 14.3 Å². The average Bonchev–Trinajstić information content (AvgIpc) is 3.28. The molecule has 3 rings (SSSR count). The van der Waals surface area contributed by atoms with E-state index in [0.717, 1.165) is 0 Å². The Morgan fingerprint density at radius 1 is 0.971 bits per heavy atom. The van der Waals surface area contributed by atoms with Gasteiger partial charge in [-0.15, -0.1) is 5.10 Å². The molecule has 0 unspecified atom stereocenters. The molecule has 0 amide bonds. The molecule has 0 bridgehead atoms. The van der Waals surface area contributed by atoms with E-state index in [0.29, 0.717) is 28.4 Å². The number of ether oxygens (including phenoxy) is 4. The van der Waals surface area contributed by atoms with Crippen molar-refractivity contribution in [2.45, 2.75) is 32.9 Å². The van der Waals surface area contributed by atoms with Crippen LogP contribution in [0.4, 0.5) is 0 Å². The minimum Gasteiger partial charge on any atom is -0.487 e. The highest BCUT2D eigenvalue weighted by molar-refractivity contribution is 6.00. The van der Waals surface area contributed by atoms with E-state index in [4.69, 9.17) is 14.2 Å². The van der Waals surface area contributed by atoms with Gasteiger partial charge < -0.3 is 24.3 Å². The Kier molecular flexibility index (Phi) is 7.67. The van der Waals surface area contributed by atoms with Crippen LogP contribution in [0.3, 0.4) is 0 Å². The van der Waals surface area contributed by atoms with Crippen LogP contribution in [0.15, 0.2) is 53.0 Å². The van der Waals surface area contributed by atoms with Crippen LogP contribution in [0.2, 0.25) is 0 Å². The fraction of sp³-hybridized carbons (Fsp3) is 0.348. The summed E-state index contributed by atoms with van der Waals surface area (Å²) >= 11 is 0. The number of carbonyl (C=O) groups is 3. The number of hydrogen-bond acceptors (Lipinski definition) is 10. The van der Waals surface area contributed by atoms with E-state index in [1.807, 2.05) is 0 Å². The monoisotopic (exact) mass is 470 g/mol. The summed E-state index contributed by atoms with van der Waals surface area (Å²) in [7, 11) is 3.84. The molecule has 1 N–H and O–H groups in total. The van der Waals surface area contributed by atoms with Crippen molar-refractivity contribution in [3.8, 4) is 5.75 Å². The van der Waals surface area contributed by atoms with E-state index in [2.05, 4.69) is 20.4 Å². The number of aromatic nitrogens is 3. The first-order chi connectivity index (χ1) is 16.3. The number of methoxy groups -OCH3 is 3. The molecule has 11 nitrogen and oxygen atoms in total. The third kappa shape index (κ3) is 4.92. The van der Waals surface area contributed by atoms with Crippen molar-refractivity contribution in [2.75, 3.05) is 21.3 Å². The molecule has 180 valence electrons. The second-order valence-corrected chi connectivity index (χ2v) is 7.40. The number of allylic oxidation sites excluding steroid dienone is 2. The smallest absolute Gasteiger partial charge is 0.336 e. The summed E-state index contributed by atoms with van der Waals surface area (Å²) in [4.78, 5) is 37.1. The van der Waals surface area contributed by atoms with Gasteiger partial charge in [0, 0.05) is 17.0 Å². The summed E-state index contributed by atoms with van der Waals surface area (Å²) in [5, 5.41) is 10.8. The molecule has 0 fully saturated rings. The third-order valence-electron chi connectivity index (χ3n) is 5.38. The summed E-state index contributed by atoms with van der Waals surface area (Å²) in [5.41, 5.74) is 2.74. The fourth-order valence-electron chi connectivity index (χ4n) is 3.78. The van der Waals surface area contributed by atoms with Crippen molar-refractivity contribution >= 4 is 17.9 Å². The first kappa shape index (κ1) is 24.5. The first-order valence-corrected chi connectivity index (χ1v) is 10.3. The number of para-hydroxylation sites is 1. The first-order valence-electron chi connectivity index (χ1n) is 10.3. The van der Waals surface area contributed by atoms with Crippen molar-refractivity contribution < 1.29 is 33.3 Å². The van der Waals surface area contributed by atoms with Crippen LogP contribution in [0.25, 0.3) is 0 Å². The zero-order valence-electron chi connectivity index (χ0n) is 19.6. The minimum atomic E-state index is -0.796. The maximum atomic E-state index is 12.8. The van der Waals surface area contributed by atoms with Gasteiger partial charge in [-0.05, 0) is 19.9 Å². The number of dihydropyridines is 1. The number of esters is 3. The molecule has 0 radical (unpaired) electrons. The van der Waals surface area contributed by atoms with Crippen molar-refractivity contribution in [3.63, 3.8) is 0 Å². The van der Waals surface area contributed by atoms with Gasteiger partial charge in [0.25, 0.3) is 0 Å². The van der Waals surface area contributed by atoms with Crippen molar-refractivity contribution in [2.24, 2.45) is 0 Å². The molecule has 0 spiro atoms. The van der Waals surface area contributed by atoms with Gasteiger partial charge in [-0.2, -0.15) is 0 Å². The predicted molar refractivity (Wildman–Crippen MR) is 118 cm³/mol. The van der Waals surface area contributed by atoms with Crippen LogP contribution in [0.1, 0.15) is 31.0 Å². The quantitative estimate of drug-likeness (QED) is 0.448. The van der Waals surface area contributed by atoms with E-state index < -0.39 is 23.8 Å². The lowest BCUT2D eigenvalue weighted by atomic mass is 9.80. The van der Waals surface area contributed by atoms with Crippen molar-refractivity contribution in [3.05, 3.63) is 64.3 Å². The van der Waals surface area contributed by atoms with Gasteiger partial charge in [-0.3, -0.25) is 4.79 Å². The SMILES string of the molecule is COC(=O)Cn1nncc1COc1ccccc1C1C(C(=O)OC)=C(C)NC(C)=C1C(=O)OC. The Balaban J connectivity index is 2.02. The second kappa shape index (κ2) is 10.6. The van der Waals surface area contributed by atoms with Crippen LogP contribution in [-0.2, 0) is 41.7 Å². The number of rotatable bonds is 8. The van der Waals surface area contributed by atoms with Gasteiger partial charge in [0.15, 0.2) is 0 Å². The van der Waals surface area contributed by atoms with Crippen LogP contribution in [0.5, 0.6) is 5.75 Å². The molecular weight excluding hydrogens is 444 g/mol. The molecule has 1 aromatic carbocycles. The third-order valence-corrected chi connectivity index (χ3v) is 5.38. The highest BCUT2D eigenvalue weighted by Gasteiger charge is 2.39. The highest BCUT2D eigenvalue weighted by atomic mass is 16.5. The van der Waals surface area contributed by atoms with Gasteiger partial charge >= 0.3 is 17.9 Å². The lowest BCUT2D eigenvalue weighted by Crippen LogP contribution is -2.32. The minimum absolute atomic E-state index is 0.0263. The van der Waals surface area contributed by atoms with E-state index in [1.165, 1.54) is 32.2 Å². The second-order valence-electron chi connectivity index (χ2n) is 7.40. The Hall–Kier alpha value is -4.15. The summed E-state index contributed by atoms with van der Waals surface area (Å²) in [5.74, 6) is -2.02. The van der Waals surface area contributed by atoms with Crippen LogP contribution < -0.4 is 10.1 Å². The molecule has 2 aromatic rings. The van der Waals surface area contributed by atoms with Crippen molar-refractivity contribution in [1.29, 1.82) is 0 Å². The number of carbonyl (C=O) groups excluding carboxylic acids is 3. The van der Waals surface area contributed by atoms with Gasteiger partial charge in [-0.1, -0.05) is 23.4 Å². The topological polar surface area (TPSA) is 131 Å². The van der Waals surface area contributed by atoms with E-state index in [1.54, 1.807) is 38.1 Å². The predicted octanol–water partition coefficient (Wildman–Crippen LogP) is 1.61. The maximum Gasteiger partial charge on any atom is 0.336 e. The normalized spacial score (nSPS) is 13.9. The van der Waals surface area contributed by atoms with E-state index in [-0.39, 0.29) is 24.3 Å². The molecule has 0 saturated heterocycles. The molecule has 0 aliphatic carbocycles. The molecule has 11 heteroatoms. The molecular formula is C23H26N4O7. The Bertz CT molecular complexity index is 1130. The molecule has 0 saturated carbocycles. The maximum absolute atomic E-state index is 12.8. The lowest BCUT2D eigenvalue weighted by Gasteiger charge is -2.31. The zero-order chi connectivity index (χ0) is 24.8. The van der Waals surface area contributed by atoms with Crippen LogP contribution >= 0.6 is 0 Å². The fourth-order valence-corrected chi connectivity index (χ4v) is 3.78. The highest BCUT2D eigenvalue weighted by Crippen LogP contribution is 2.42. The number of nitrogens with one attached hydrogen (secondary N) is 1. The average molecular weight is 470 g/mol. The summed E-state index contributed by atoms with van der Waals surface area (Å²) in [6, 6.07) is 7.04. The number of benzene rings is 1. The molecule has 2 heterocycles. The molecule has 1 aliphatic rings. The van der Waals surface area contributed by atoms with Gasteiger partial charge in [0.1, 0.15) is 18.9 Å². The Morgan fingerprint density at radius 3 is 2.18 bits per heavy atom. The molecule has 34 heavy (non-hydrogen) atoms. The molecule has 0 atom stereocenters. The number of nitrogens with zero attached hydrogens (tertiary/aromatic N) is 3. The van der Waals surface area contributed by atoms with E-state index in [9.17, 15) is 14.4 Å². The van der Waals surface area contributed by atoms with Crippen LogP contribution in [-0.4, -0.2) is 54.2 Å². The number of hydrogen-bond donors (Lipinski definition) is 1. The van der Waals surface area contributed by atoms with Gasteiger partial charge in [0.2, 0.25) is 0 Å². The largest absolute Gasteiger partial charge is 0.487 e. The standard InChI is InChI=1S/C23H26N4O7/c1-13-19(22(29)32-4)21(20(14(2)25-13)23(30)33-5)16-8-6-7-9-17(16)34-12-15-10-24-26-27(15)11-18(28)31-3/h6-10,21,25H,11-12H2,1-5H3. The molecule has 1 aromatic heterocycles. The molecule has 1 aliphatic heterocycles. The summed E-state index contributed by atoms with van der Waals surface area (Å²) < 4.78 is 22.1. The summed E-state index contributed by atoms with van der Waals surface area (Å²) in [6.45, 7) is 3.38. The van der Waals surface area contributed by atoms with Crippen molar-refractivity contribution in [1.82, 2.24) is 20.3 Å². The van der Waals surface area contributed by atoms with E-state index >= 15 is 0 Å². The Labute approximate surface area is 196 Å². The zero-order valence-corrected chi connectivity index (χ0v) is 19.6.